The van der Waals surface area contributed by atoms with Gasteiger partial charge >= 0.3 is 0 Å². The van der Waals surface area contributed by atoms with Crippen molar-refractivity contribution >= 4 is 11.3 Å². The van der Waals surface area contributed by atoms with E-state index in [0.29, 0.717) is 12.7 Å². The molecular formula is C14H24N2OS. The second kappa shape index (κ2) is 7.22. The van der Waals surface area contributed by atoms with Gasteiger partial charge in [-0.25, -0.2) is 4.98 Å². The number of hydrogen-bond acceptors (Lipinski definition) is 4. The van der Waals surface area contributed by atoms with E-state index in [1.807, 2.05) is 0 Å². The van der Waals surface area contributed by atoms with E-state index in [2.05, 4.69) is 29.5 Å². The minimum absolute atomic E-state index is 0.452. The summed E-state index contributed by atoms with van der Waals surface area (Å²) in [5.74, 6) is 0.823. The molecule has 1 saturated carbocycles. The Kier molecular flexibility index (Phi) is 5.60. The molecule has 3 nitrogen and oxygen atoms in total. The Bertz CT molecular complexity index is 353. The van der Waals surface area contributed by atoms with Gasteiger partial charge in [0.25, 0.3) is 0 Å². The third-order valence-corrected chi connectivity index (χ3v) is 4.38. The summed E-state index contributed by atoms with van der Waals surface area (Å²) in [7, 11) is 0. The smallest absolute Gasteiger partial charge is 0.107 e. The maximum absolute atomic E-state index is 5.98. The van der Waals surface area contributed by atoms with Gasteiger partial charge in [-0.1, -0.05) is 26.7 Å². The first kappa shape index (κ1) is 14.0. The Hall–Kier alpha value is -0.450. The molecule has 0 spiro atoms. The molecule has 0 aromatic carbocycles. The number of nitrogens with one attached hydrogen (secondary N) is 1. The van der Waals surface area contributed by atoms with Crippen molar-refractivity contribution in [1.29, 1.82) is 0 Å². The fourth-order valence-corrected chi connectivity index (χ4v) is 3.21. The number of aromatic nitrogens is 1. The molecule has 2 rings (SSSR count). The van der Waals surface area contributed by atoms with E-state index in [1.165, 1.54) is 25.7 Å². The van der Waals surface area contributed by atoms with Crippen molar-refractivity contribution in [3.05, 3.63) is 16.1 Å². The van der Waals surface area contributed by atoms with Crippen LogP contribution in [0.4, 0.5) is 0 Å². The zero-order valence-electron chi connectivity index (χ0n) is 11.4. The second-order valence-corrected chi connectivity index (χ2v) is 6.16. The Labute approximate surface area is 114 Å². The maximum atomic E-state index is 5.98. The van der Waals surface area contributed by atoms with Gasteiger partial charge in [-0.05, 0) is 25.3 Å². The standard InChI is InChI=1S/C14H24N2OS/c1-3-15-8-14-16-12(10-18-14)9-17-13-6-4-5-11(2)7-13/h10-11,13,15H,3-9H2,1-2H3. The monoisotopic (exact) mass is 268 g/mol. The molecule has 0 saturated heterocycles. The van der Waals surface area contributed by atoms with Gasteiger partial charge < -0.3 is 10.1 Å². The summed E-state index contributed by atoms with van der Waals surface area (Å²) in [5.41, 5.74) is 1.09. The summed E-state index contributed by atoms with van der Waals surface area (Å²) >= 11 is 1.72. The number of rotatable bonds is 6. The quantitative estimate of drug-likeness (QED) is 0.859. The highest BCUT2D eigenvalue weighted by Gasteiger charge is 2.19. The lowest BCUT2D eigenvalue weighted by atomic mass is 9.89. The number of ether oxygens (including phenoxy) is 1. The van der Waals surface area contributed by atoms with Crippen LogP contribution in [0.2, 0.25) is 0 Å². The van der Waals surface area contributed by atoms with E-state index in [-0.39, 0.29) is 0 Å². The Morgan fingerprint density at radius 2 is 2.39 bits per heavy atom. The van der Waals surface area contributed by atoms with Crippen LogP contribution in [0.15, 0.2) is 5.38 Å². The van der Waals surface area contributed by atoms with Crippen molar-refractivity contribution in [2.24, 2.45) is 5.92 Å². The van der Waals surface area contributed by atoms with Gasteiger partial charge in [0.05, 0.1) is 18.4 Å². The Morgan fingerprint density at radius 3 is 3.17 bits per heavy atom. The molecule has 1 fully saturated rings. The lowest BCUT2D eigenvalue weighted by molar-refractivity contribution is 0.00336. The predicted octanol–water partition coefficient (Wildman–Crippen LogP) is 3.35. The highest BCUT2D eigenvalue weighted by atomic mass is 32.1. The van der Waals surface area contributed by atoms with Crippen LogP contribution < -0.4 is 5.32 Å². The second-order valence-electron chi connectivity index (χ2n) is 5.22. The number of nitrogens with zero attached hydrogens (tertiary/aromatic N) is 1. The van der Waals surface area contributed by atoms with E-state index in [4.69, 9.17) is 4.74 Å². The van der Waals surface area contributed by atoms with Gasteiger partial charge in [-0.3, -0.25) is 0 Å². The molecule has 1 N–H and O–H groups in total. The minimum atomic E-state index is 0.452. The minimum Gasteiger partial charge on any atom is -0.372 e. The highest BCUT2D eigenvalue weighted by molar-refractivity contribution is 7.09. The molecule has 0 amide bonds. The predicted molar refractivity (Wildman–Crippen MR) is 75.7 cm³/mol. The van der Waals surface area contributed by atoms with Crippen molar-refractivity contribution < 1.29 is 4.74 Å². The molecule has 0 aliphatic heterocycles. The van der Waals surface area contributed by atoms with E-state index >= 15 is 0 Å². The molecule has 1 aromatic heterocycles. The molecule has 1 heterocycles. The highest BCUT2D eigenvalue weighted by Crippen LogP contribution is 2.26. The fourth-order valence-electron chi connectivity index (χ4n) is 2.46. The average molecular weight is 268 g/mol. The van der Waals surface area contributed by atoms with Gasteiger partial charge in [0.1, 0.15) is 5.01 Å². The van der Waals surface area contributed by atoms with Crippen LogP contribution in [0.1, 0.15) is 50.2 Å². The lowest BCUT2D eigenvalue weighted by Gasteiger charge is -2.26. The van der Waals surface area contributed by atoms with E-state index in [0.717, 1.165) is 29.7 Å². The summed E-state index contributed by atoms with van der Waals surface area (Å²) in [6.07, 6.45) is 5.57. The van der Waals surface area contributed by atoms with E-state index < -0.39 is 0 Å². The van der Waals surface area contributed by atoms with Crippen LogP contribution in [-0.2, 0) is 17.9 Å². The van der Waals surface area contributed by atoms with Crippen LogP contribution in [-0.4, -0.2) is 17.6 Å². The first-order valence-corrected chi connectivity index (χ1v) is 7.91. The summed E-state index contributed by atoms with van der Waals surface area (Å²) in [5, 5.41) is 6.58. The topological polar surface area (TPSA) is 34.2 Å². The van der Waals surface area contributed by atoms with Crippen LogP contribution >= 0.6 is 11.3 Å². The molecule has 1 aliphatic rings. The molecule has 1 aliphatic carbocycles. The van der Waals surface area contributed by atoms with Gasteiger partial charge in [-0.15, -0.1) is 11.3 Å². The first-order chi connectivity index (χ1) is 8.78. The third-order valence-electron chi connectivity index (χ3n) is 3.48. The zero-order chi connectivity index (χ0) is 12.8. The molecule has 0 radical (unpaired) electrons. The van der Waals surface area contributed by atoms with Gasteiger partial charge in [0.15, 0.2) is 0 Å². The van der Waals surface area contributed by atoms with Crippen molar-refractivity contribution in [1.82, 2.24) is 10.3 Å². The Balaban J connectivity index is 1.74. The molecule has 4 heteroatoms. The van der Waals surface area contributed by atoms with E-state index in [1.54, 1.807) is 11.3 Å². The molecule has 1 aromatic rings. The molecular weight excluding hydrogens is 244 g/mol. The van der Waals surface area contributed by atoms with Crippen molar-refractivity contribution in [3.63, 3.8) is 0 Å². The average Bonchev–Trinajstić information content (AvgIpc) is 2.82. The largest absolute Gasteiger partial charge is 0.372 e. The zero-order valence-corrected chi connectivity index (χ0v) is 12.3. The van der Waals surface area contributed by atoms with Crippen LogP contribution in [0, 0.1) is 5.92 Å². The summed E-state index contributed by atoms with van der Waals surface area (Å²) in [4.78, 5) is 4.58. The van der Waals surface area contributed by atoms with Crippen molar-refractivity contribution in [2.75, 3.05) is 6.54 Å². The lowest BCUT2D eigenvalue weighted by Crippen LogP contribution is -2.21. The SMILES string of the molecule is CCNCc1nc(COC2CCCC(C)C2)cs1. The number of thiazole rings is 1. The summed E-state index contributed by atoms with van der Waals surface area (Å²) < 4.78 is 5.98. The van der Waals surface area contributed by atoms with Crippen LogP contribution in [0.25, 0.3) is 0 Å². The number of hydrogen-bond donors (Lipinski definition) is 1. The fraction of sp³-hybridized carbons (Fsp3) is 0.786. The van der Waals surface area contributed by atoms with Crippen LogP contribution in [0.3, 0.4) is 0 Å². The van der Waals surface area contributed by atoms with Gasteiger partial charge in [0.2, 0.25) is 0 Å². The molecule has 2 atom stereocenters. The normalized spacial score (nSPS) is 24.3. The maximum Gasteiger partial charge on any atom is 0.107 e. The van der Waals surface area contributed by atoms with Gasteiger partial charge in [-0.2, -0.15) is 0 Å². The molecule has 2 unspecified atom stereocenters. The van der Waals surface area contributed by atoms with Crippen LogP contribution in [0.5, 0.6) is 0 Å². The third kappa shape index (κ3) is 4.34. The molecule has 0 bridgehead atoms. The summed E-state index contributed by atoms with van der Waals surface area (Å²) in [6, 6.07) is 0. The Morgan fingerprint density at radius 1 is 1.50 bits per heavy atom. The van der Waals surface area contributed by atoms with E-state index in [9.17, 15) is 0 Å². The van der Waals surface area contributed by atoms with Crippen molar-refractivity contribution in [2.45, 2.75) is 58.8 Å². The van der Waals surface area contributed by atoms with Crippen molar-refractivity contribution in [3.8, 4) is 0 Å². The van der Waals surface area contributed by atoms with Gasteiger partial charge in [0, 0.05) is 11.9 Å². The molecule has 102 valence electrons. The first-order valence-electron chi connectivity index (χ1n) is 7.03. The molecule has 18 heavy (non-hydrogen) atoms. The summed E-state index contributed by atoms with van der Waals surface area (Å²) in [6.45, 7) is 6.99.